The third-order valence-corrected chi connectivity index (χ3v) is 5.04. The summed E-state index contributed by atoms with van der Waals surface area (Å²) in [5.41, 5.74) is 3.23. The molecule has 0 aliphatic carbocycles. The Hall–Kier alpha value is -3.08. The number of benzene rings is 2. The Kier molecular flexibility index (Phi) is 6.48. The summed E-state index contributed by atoms with van der Waals surface area (Å²) in [6.07, 6.45) is 4.81. The number of carbonyl (C=O) groups is 2. The zero-order valence-electron chi connectivity index (χ0n) is 16.5. The van der Waals surface area contributed by atoms with Crippen LogP contribution in [0.15, 0.2) is 60.8 Å². The van der Waals surface area contributed by atoms with Gasteiger partial charge in [0.15, 0.2) is 0 Å². The van der Waals surface area contributed by atoms with Gasteiger partial charge in [0.05, 0.1) is 12.5 Å². The molecule has 1 N–H and O–H groups in total. The first kappa shape index (κ1) is 19.7. The summed E-state index contributed by atoms with van der Waals surface area (Å²) >= 11 is 0. The van der Waals surface area contributed by atoms with Crippen LogP contribution in [0.3, 0.4) is 0 Å². The summed E-state index contributed by atoms with van der Waals surface area (Å²) in [5.74, 6) is -0.100. The minimum atomic E-state index is -0.259. The molecular formula is C23H27N3O2. The van der Waals surface area contributed by atoms with Crippen LogP contribution < -0.4 is 10.2 Å². The Morgan fingerprint density at radius 1 is 1.07 bits per heavy atom. The first-order chi connectivity index (χ1) is 13.6. The van der Waals surface area contributed by atoms with E-state index in [0.29, 0.717) is 6.54 Å². The van der Waals surface area contributed by atoms with Gasteiger partial charge in [-0.1, -0.05) is 42.5 Å². The minimum absolute atomic E-state index is 0.0382. The van der Waals surface area contributed by atoms with Crippen molar-refractivity contribution in [1.29, 1.82) is 0 Å². The van der Waals surface area contributed by atoms with Crippen molar-refractivity contribution in [2.24, 2.45) is 0 Å². The highest BCUT2D eigenvalue weighted by Gasteiger charge is 2.27. The van der Waals surface area contributed by atoms with E-state index in [-0.39, 0.29) is 24.3 Å². The van der Waals surface area contributed by atoms with Gasteiger partial charge in [-0.15, -0.1) is 0 Å². The molecule has 1 atom stereocenters. The standard InChI is InChI=1S/C23H27N3O2/c1-18(27)26-16-13-19-9-6-7-12-21(19)22(26)17-23(28)24-14-8-15-25(2)20-10-4-3-5-11-20/h3-7,9-13,16,22H,8,14-15,17H2,1-2H3,(H,24,28). The lowest BCUT2D eigenvalue weighted by Gasteiger charge is -2.32. The Labute approximate surface area is 166 Å². The summed E-state index contributed by atoms with van der Waals surface area (Å²) in [5, 5.41) is 3.00. The number of fused-ring (bicyclic) bond motifs is 1. The predicted molar refractivity (Wildman–Crippen MR) is 113 cm³/mol. The van der Waals surface area contributed by atoms with E-state index in [1.807, 2.05) is 55.6 Å². The fourth-order valence-electron chi connectivity index (χ4n) is 3.52. The quantitative estimate of drug-likeness (QED) is 0.750. The summed E-state index contributed by atoms with van der Waals surface area (Å²) < 4.78 is 0. The highest BCUT2D eigenvalue weighted by atomic mass is 16.2. The largest absolute Gasteiger partial charge is 0.375 e. The molecule has 3 rings (SSSR count). The molecule has 1 unspecified atom stereocenters. The highest BCUT2D eigenvalue weighted by Crippen LogP contribution is 2.32. The van der Waals surface area contributed by atoms with Crippen LogP contribution in [-0.2, 0) is 9.59 Å². The maximum Gasteiger partial charge on any atom is 0.223 e. The summed E-state index contributed by atoms with van der Waals surface area (Å²) in [6.45, 7) is 3.00. The number of anilines is 1. The third-order valence-electron chi connectivity index (χ3n) is 5.04. The van der Waals surface area contributed by atoms with Crippen LogP contribution in [0.5, 0.6) is 0 Å². The molecule has 2 aromatic rings. The van der Waals surface area contributed by atoms with Crippen molar-refractivity contribution in [1.82, 2.24) is 10.2 Å². The van der Waals surface area contributed by atoms with Crippen LogP contribution >= 0.6 is 0 Å². The SMILES string of the molecule is CC(=O)N1C=Cc2ccccc2C1CC(=O)NCCCN(C)c1ccccc1. The Morgan fingerprint density at radius 3 is 2.54 bits per heavy atom. The zero-order valence-corrected chi connectivity index (χ0v) is 16.5. The van der Waals surface area contributed by atoms with Crippen molar-refractivity contribution < 1.29 is 9.59 Å². The lowest BCUT2D eigenvalue weighted by molar-refractivity contribution is -0.129. The topological polar surface area (TPSA) is 52.7 Å². The van der Waals surface area contributed by atoms with Crippen molar-refractivity contribution in [3.8, 4) is 0 Å². The third kappa shape index (κ3) is 4.80. The van der Waals surface area contributed by atoms with Crippen molar-refractivity contribution in [3.63, 3.8) is 0 Å². The van der Waals surface area contributed by atoms with E-state index in [4.69, 9.17) is 0 Å². The number of nitrogens with one attached hydrogen (secondary N) is 1. The molecule has 1 heterocycles. The first-order valence-electron chi connectivity index (χ1n) is 9.65. The average molecular weight is 377 g/mol. The highest BCUT2D eigenvalue weighted by molar-refractivity contribution is 5.81. The Bertz CT molecular complexity index is 848. The number of carbonyl (C=O) groups excluding carboxylic acids is 2. The van der Waals surface area contributed by atoms with Crippen molar-refractivity contribution >= 4 is 23.6 Å². The average Bonchev–Trinajstić information content (AvgIpc) is 2.71. The molecule has 5 heteroatoms. The predicted octanol–water partition coefficient (Wildman–Crippen LogP) is 3.59. The van der Waals surface area contributed by atoms with Crippen LogP contribution in [0.25, 0.3) is 6.08 Å². The van der Waals surface area contributed by atoms with Gasteiger partial charge < -0.3 is 15.1 Å². The number of hydrogen-bond acceptors (Lipinski definition) is 3. The number of amides is 2. The summed E-state index contributed by atoms with van der Waals surface area (Å²) in [6, 6.07) is 17.8. The molecule has 1 aliphatic rings. The fourth-order valence-corrected chi connectivity index (χ4v) is 3.52. The molecule has 2 aromatic carbocycles. The summed E-state index contributed by atoms with van der Waals surface area (Å²) in [4.78, 5) is 28.3. The van der Waals surface area contributed by atoms with Gasteiger partial charge in [0, 0.05) is 38.9 Å². The van der Waals surface area contributed by atoms with E-state index in [9.17, 15) is 9.59 Å². The zero-order chi connectivity index (χ0) is 19.9. The first-order valence-corrected chi connectivity index (χ1v) is 9.65. The molecule has 0 saturated heterocycles. The van der Waals surface area contributed by atoms with Gasteiger partial charge in [0.25, 0.3) is 0 Å². The van der Waals surface area contributed by atoms with E-state index in [2.05, 4.69) is 22.3 Å². The Balaban J connectivity index is 1.52. The molecule has 5 nitrogen and oxygen atoms in total. The molecule has 0 bridgehead atoms. The molecule has 0 radical (unpaired) electrons. The van der Waals surface area contributed by atoms with Gasteiger partial charge in [0.2, 0.25) is 11.8 Å². The van der Waals surface area contributed by atoms with Crippen LogP contribution in [0.4, 0.5) is 5.69 Å². The number of nitrogens with zero attached hydrogens (tertiary/aromatic N) is 2. The van der Waals surface area contributed by atoms with E-state index in [1.165, 1.54) is 6.92 Å². The van der Waals surface area contributed by atoms with Crippen LogP contribution in [-0.4, -0.2) is 36.9 Å². The van der Waals surface area contributed by atoms with Crippen molar-refractivity contribution in [3.05, 3.63) is 71.9 Å². The molecule has 146 valence electrons. The van der Waals surface area contributed by atoms with E-state index < -0.39 is 0 Å². The minimum Gasteiger partial charge on any atom is -0.375 e. The lowest BCUT2D eigenvalue weighted by atomic mass is 9.93. The molecule has 0 aromatic heterocycles. The van der Waals surface area contributed by atoms with Crippen molar-refractivity contribution in [2.75, 3.05) is 25.0 Å². The molecule has 0 spiro atoms. The molecular weight excluding hydrogens is 350 g/mol. The van der Waals surface area contributed by atoms with Gasteiger partial charge in [-0.3, -0.25) is 9.59 Å². The number of rotatable bonds is 7. The van der Waals surface area contributed by atoms with Gasteiger partial charge in [-0.25, -0.2) is 0 Å². The van der Waals surface area contributed by atoms with Crippen molar-refractivity contribution in [2.45, 2.75) is 25.8 Å². The maximum absolute atomic E-state index is 12.5. The molecule has 2 amide bonds. The second kappa shape index (κ2) is 9.22. The van der Waals surface area contributed by atoms with Crippen LogP contribution in [0.2, 0.25) is 0 Å². The summed E-state index contributed by atoms with van der Waals surface area (Å²) in [7, 11) is 2.05. The van der Waals surface area contributed by atoms with Crippen LogP contribution in [0.1, 0.15) is 36.9 Å². The van der Waals surface area contributed by atoms with E-state index in [0.717, 1.165) is 29.8 Å². The fraction of sp³-hybridized carbons (Fsp3) is 0.304. The maximum atomic E-state index is 12.5. The Morgan fingerprint density at radius 2 is 1.79 bits per heavy atom. The second-order valence-electron chi connectivity index (χ2n) is 7.05. The smallest absolute Gasteiger partial charge is 0.223 e. The van der Waals surface area contributed by atoms with Gasteiger partial charge >= 0.3 is 0 Å². The number of hydrogen-bond donors (Lipinski definition) is 1. The molecule has 0 saturated carbocycles. The van der Waals surface area contributed by atoms with E-state index in [1.54, 1.807) is 11.1 Å². The van der Waals surface area contributed by atoms with Gasteiger partial charge in [0.1, 0.15) is 0 Å². The normalized spacial score (nSPS) is 15.1. The lowest BCUT2D eigenvalue weighted by Crippen LogP contribution is -2.36. The van der Waals surface area contributed by atoms with E-state index >= 15 is 0 Å². The monoisotopic (exact) mass is 377 g/mol. The molecule has 0 fully saturated rings. The molecule has 1 aliphatic heterocycles. The van der Waals surface area contributed by atoms with Gasteiger partial charge in [-0.2, -0.15) is 0 Å². The van der Waals surface area contributed by atoms with Gasteiger partial charge in [-0.05, 0) is 35.8 Å². The molecule has 28 heavy (non-hydrogen) atoms. The van der Waals surface area contributed by atoms with Crippen LogP contribution in [0, 0.1) is 0 Å². The second-order valence-corrected chi connectivity index (χ2v) is 7.05. The number of para-hydroxylation sites is 1.